The highest BCUT2D eigenvalue weighted by Gasteiger charge is 2.28. The van der Waals surface area contributed by atoms with E-state index < -0.39 is 0 Å². The van der Waals surface area contributed by atoms with Crippen LogP contribution in [0.25, 0.3) is 88.0 Å². The lowest BCUT2D eigenvalue weighted by Crippen LogP contribution is -1.91. The maximum Gasteiger partial charge on any atom is -0.000183 e. The predicted molar refractivity (Wildman–Crippen MR) is 206 cm³/mol. The molecule has 0 saturated carbocycles. The molecule has 0 unspecified atom stereocenters. The van der Waals surface area contributed by atoms with Gasteiger partial charge in [0.2, 0.25) is 0 Å². The SMILES string of the molecule is c1ccc(-c2cc3cccc4c3c(c2-c2ccccc2)-c2c-4ccc3ccccc23)cc1.c1ccc(-c2cccc3ccccc23)cc1. The Morgan fingerprint density at radius 1 is 0.229 bits per heavy atom. The van der Waals surface area contributed by atoms with Gasteiger partial charge in [0.25, 0.3) is 0 Å². The molecule has 0 nitrogen and oxygen atoms in total. The van der Waals surface area contributed by atoms with Crippen LogP contribution in [-0.4, -0.2) is 0 Å². The lowest BCUT2D eigenvalue weighted by molar-refractivity contribution is 1.61. The number of hydrogen-bond acceptors (Lipinski definition) is 0. The Bertz CT molecular complexity index is 2570. The molecule has 48 heavy (non-hydrogen) atoms. The first-order chi connectivity index (χ1) is 23.8. The van der Waals surface area contributed by atoms with E-state index in [9.17, 15) is 0 Å². The molecule has 0 heterocycles. The summed E-state index contributed by atoms with van der Waals surface area (Å²) in [6.07, 6.45) is 0. The third-order valence-electron chi connectivity index (χ3n) is 9.66. The van der Waals surface area contributed by atoms with E-state index >= 15 is 0 Å². The second-order valence-electron chi connectivity index (χ2n) is 12.4. The molecule has 224 valence electrons. The van der Waals surface area contributed by atoms with Crippen molar-refractivity contribution in [1.29, 1.82) is 0 Å². The molecule has 0 atom stereocenters. The Morgan fingerprint density at radius 3 is 1.42 bits per heavy atom. The van der Waals surface area contributed by atoms with E-state index in [2.05, 4.69) is 194 Å². The summed E-state index contributed by atoms with van der Waals surface area (Å²) >= 11 is 0. The van der Waals surface area contributed by atoms with Gasteiger partial charge in [-0.25, -0.2) is 0 Å². The van der Waals surface area contributed by atoms with Gasteiger partial charge in [0, 0.05) is 0 Å². The fourth-order valence-electron chi connectivity index (χ4n) is 7.54. The van der Waals surface area contributed by atoms with Gasteiger partial charge in [-0.1, -0.05) is 188 Å². The van der Waals surface area contributed by atoms with Crippen LogP contribution < -0.4 is 0 Å². The number of hydrogen-bond donors (Lipinski definition) is 0. The van der Waals surface area contributed by atoms with E-state index in [0.29, 0.717) is 0 Å². The minimum Gasteiger partial charge on any atom is -0.0622 e. The Morgan fingerprint density at radius 2 is 0.729 bits per heavy atom. The fraction of sp³-hybridized carbons (Fsp3) is 0. The molecule has 0 amide bonds. The summed E-state index contributed by atoms with van der Waals surface area (Å²) in [7, 11) is 0. The van der Waals surface area contributed by atoms with Crippen molar-refractivity contribution in [2.75, 3.05) is 0 Å². The molecule has 0 aromatic heterocycles. The van der Waals surface area contributed by atoms with Crippen LogP contribution in [0.4, 0.5) is 0 Å². The molecule has 0 bridgehead atoms. The van der Waals surface area contributed by atoms with Crippen LogP contribution in [0.3, 0.4) is 0 Å². The van der Waals surface area contributed by atoms with E-state index in [1.807, 2.05) is 0 Å². The summed E-state index contributed by atoms with van der Waals surface area (Å²) in [4.78, 5) is 0. The smallest absolute Gasteiger partial charge is 0.000183 e. The molecule has 0 heteroatoms. The molecule has 0 spiro atoms. The first-order valence-corrected chi connectivity index (χ1v) is 16.6. The van der Waals surface area contributed by atoms with Crippen molar-refractivity contribution >= 4 is 32.3 Å². The van der Waals surface area contributed by atoms with Crippen molar-refractivity contribution in [3.63, 3.8) is 0 Å². The van der Waals surface area contributed by atoms with Gasteiger partial charge in [0.05, 0.1) is 0 Å². The van der Waals surface area contributed by atoms with Crippen molar-refractivity contribution in [2.24, 2.45) is 0 Å². The molecule has 9 aromatic carbocycles. The van der Waals surface area contributed by atoms with E-state index in [0.717, 1.165) is 0 Å². The zero-order chi connectivity index (χ0) is 31.9. The Kier molecular flexibility index (Phi) is 6.91. The molecule has 0 N–H and O–H groups in total. The highest BCUT2D eigenvalue weighted by atomic mass is 14.3. The molecule has 0 aliphatic heterocycles. The van der Waals surface area contributed by atoms with E-state index in [1.54, 1.807) is 0 Å². The quantitative estimate of drug-likeness (QED) is 0.187. The van der Waals surface area contributed by atoms with Gasteiger partial charge < -0.3 is 0 Å². The van der Waals surface area contributed by atoms with E-state index in [4.69, 9.17) is 0 Å². The molecule has 0 saturated heterocycles. The number of fused-ring (bicyclic) bond motifs is 6. The van der Waals surface area contributed by atoms with E-state index in [-0.39, 0.29) is 0 Å². The normalized spacial score (nSPS) is 11.3. The van der Waals surface area contributed by atoms with Crippen LogP contribution in [-0.2, 0) is 0 Å². The van der Waals surface area contributed by atoms with Crippen molar-refractivity contribution in [3.05, 3.63) is 194 Å². The van der Waals surface area contributed by atoms with Crippen molar-refractivity contribution in [1.82, 2.24) is 0 Å². The molecule has 0 radical (unpaired) electrons. The van der Waals surface area contributed by atoms with Crippen LogP contribution >= 0.6 is 0 Å². The molecule has 9 aromatic rings. The zero-order valence-corrected chi connectivity index (χ0v) is 26.5. The monoisotopic (exact) mass is 608 g/mol. The molecule has 10 rings (SSSR count). The van der Waals surface area contributed by atoms with Gasteiger partial charge >= 0.3 is 0 Å². The van der Waals surface area contributed by atoms with E-state index in [1.165, 1.54) is 88.0 Å². The Balaban J connectivity index is 0.000000164. The summed E-state index contributed by atoms with van der Waals surface area (Å²) in [6, 6.07) is 69.6. The average Bonchev–Trinajstić information content (AvgIpc) is 3.52. The van der Waals surface area contributed by atoms with Crippen LogP contribution in [0.5, 0.6) is 0 Å². The summed E-state index contributed by atoms with van der Waals surface area (Å²) in [5.41, 5.74) is 13.1. The second kappa shape index (κ2) is 11.8. The third kappa shape index (κ3) is 4.70. The molecule has 1 aliphatic rings. The maximum atomic E-state index is 2.38. The summed E-state index contributed by atoms with van der Waals surface area (Å²) in [5.74, 6) is 0. The maximum absolute atomic E-state index is 2.38. The van der Waals surface area contributed by atoms with Gasteiger partial charge in [-0.3, -0.25) is 0 Å². The fourth-order valence-corrected chi connectivity index (χ4v) is 7.54. The molecule has 1 aliphatic carbocycles. The van der Waals surface area contributed by atoms with Crippen LogP contribution in [0.1, 0.15) is 0 Å². The van der Waals surface area contributed by atoms with Crippen LogP contribution in [0.15, 0.2) is 194 Å². The van der Waals surface area contributed by atoms with Gasteiger partial charge in [-0.2, -0.15) is 0 Å². The van der Waals surface area contributed by atoms with Gasteiger partial charge in [-0.15, -0.1) is 0 Å². The first-order valence-electron chi connectivity index (χ1n) is 16.6. The van der Waals surface area contributed by atoms with Gasteiger partial charge in [-0.05, 0) is 94.0 Å². The second-order valence-corrected chi connectivity index (χ2v) is 12.4. The lowest BCUT2D eigenvalue weighted by Gasteiger charge is -2.18. The minimum absolute atomic E-state index is 1.25. The first kappa shape index (κ1) is 28.0. The molecular formula is C48H32. The third-order valence-corrected chi connectivity index (χ3v) is 9.66. The number of rotatable bonds is 3. The summed E-state index contributed by atoms with van der Waals surface area (Å²) in [5, 5.41) is 7.90. The minimum atomic E-state index is 1.25. The van der Waals surface area contributed by atoms with Gasteiger partial charge in [0.15, 0.2) is 0 Å². The van der Waals surface area contributed by atoms with Crippen LogP contribution in [0, 0.1) is 0 Å². The predicted octanol–water partition coefficient (Wildman–Crippen LogP) is 13.5. The highest BCUT2D eigenvalue weighted by Crippen LogP contribution is 2.55. The van der Waals surface area contributed by atoms with Crippen molar-refractivity contribution in [3.8, 4) is 55.6 Å². The number of benzene rings is 9. The molecular weight excluding hydrogens is 577 g/mol. The average molecular weight is 609 g/mol. The van der Waals surface area contributed by atoms with Crippen LogP contribution in [0.2, 0.25) is 0 Å². The topological polar surface area (TPSA) is 0 Å². The van der Waals surface area contributed by atoms with Gasteiger partial charge in [0.1, 0.15) is 0 Å². The largest absolute Gasteiger partial charge is 0.0622 e. The Hall–Kier alpha value is -6.24. The molecule has 0 fully saturated rings. The van der Waals surface area contributed by atoms with Crippen molar-refractivity contribution in [2.45, 2.75) is 0 Å². The Labute approximate surface area is 281 Å². The highest BCUT2D eigenvalue weighted by molar-refractivity contribution is 6.26. The summed E-state index contributed by atoms with van der Waals surface area (Å²) in [6.45, 7) is 0. The zero-order valence-electron chi connectivity index (χ0n) is 26.5. The standard InChI is InChI=1S/C32H20.C16H12/c1-3-10-21(11-4-1)28-20-24-15-9-17-26-27-19-18-22-12-7-8-16-25(22)31(27)32(30(24)26)29(28)23-13-5-2-6-14-23;1-2-7-13(8-3-1)16-12-6-10-14-9-4-5-11-15(14)16/h1-20H;1-12H. The van der Waals surface area contributed by atoms with Crippen molar-refractivity contribution < 1.29 is 0 Å². The lowest BCUT2D eigenvalue weighted by atomic mass is 9.85. The summed E-state index contributed by atoms with van der Waals surface area (Å²) < 4.78 is 0.